The average Bonchev–Trinajstić information content (AvgIpc) is 2.58. The number of urea groups is 1. The first-order valence-electron chi connectivity index (χ1n) is 8.96. The highest BCUT2D eigenvalue weighted by Crippen LogP contribution is 2.42. The molecule has 1 saturated heterocycles. The maximum absolute atomic E-state index is 13.9. The molecule has 0 radical (unpaired) electrons. The molecule has 1 aromatic rings. The van der Waals surface area contributed by atoms with Gasteiger partial charge in [-0.2, -0.15) is 0 Å². The van der Waals surface area contributed by atoms with Crippen molar-refractivity contribution in [3.05, 3.63) is 46.3 Å². The Bertz CT molecular complexity index is 840. The summed E-state index contributed by atoms with van der Waals surface area (Å²) in [5.74, 6) is -3.71. The van der Waals surface area contributed by atoms with Gasteiger partial charge in [-0.25, -0.2) is 22.0 Å². The molecule has 0 aromatic heterocycles. The van der Waals surface area contributed by atoms with Crippen LogP contribution in [-0.2, 0) is 9.84 Å². The van der Waals surface area contributed by atoms with Crippen molar-refractivity contribution in [3.63, 3.8) is 0 Å². The summed E-state index contributed by atoms with van der Waals surface area (Å²) in [6.45, 7) is 2.68. The van der Waals surface area contributed by atoms with Gasteiger partial charge in [0.1, 0.15) is 0 Å². The maximum atomic E-state index is 13.9. The van der Waals surface area contributed by atoms with Crippen molar-refractivity contribution in [3.8, 4) is 0 Å². The van der Waals surface area contributed by atoms with Gasteiger partial charge in [0.15, 0.2) is 9.84 Å². The van der Waals surface area contributed by atoms with Crippen LogP contribution in [0.5, 0.6) is 0 Å². The van der Waals surface area contributed by atoms with Gasteiger partial charge in [-0.05, 0) is 38.3 Å². The van der Waals surface area contributed by atoms with Crippen LogP contribution >= 0.6 is 11.6 Å². The first kappa shape index (κ1) is 22.6. The van der Waals surface area contributed by atoms with Crippen LogP contribution in [-0.4, -0.2) is 44.1 Å². The van der Waals surface area contributed by atoms with Crippen molar-refractivity contribution in [2.75, 3.05) is 12.8 Å². The minimum atomic E-state index is -3.31. The van der Waals surface area contributed by atoms with Crippen molar-refractivity contribution < 1.29 is 22.0 Å². The maximum Gasteiger partial charge on any atom is 0.318 e. The normalized spacial score (nSPS) is 22.3. The van der Waals surface area contributed by atoms with Gasteiger partial charge in [-0.1, -0.05) is 35.9 Å². The van der Waals surface area contributed by atoms with Gasteiger partial charge in [0.25, 0.3) is 0 Å². The largest absolute Gasteiger partial charge is 0.332 e. The third kappa shape index (κ3) is 6.17. The summed E-state index contributed by atoms with van der Waals surface area (Å²) in [6, 6.07) is 5.30. The average molecular weight is 435 g/mol. The number of amides is 2. The topological polar surface area (TPSA) is 66.5 Å². The van der Waals surface area contributed by atoms with Crippen LogP contribution in [0.15, 0.2) is 35.7 Å². The fraction of sp³-hybridized carbons (Fsp3) is 0.526. The number of piperidine rings is 1. The van der Waals surface area contributed by atoms with E-state index in [2.05, 4.69) is 5.32 Å². The van der Waals surface area contributed by atoms with Gasteiger partial charge >= 0.3 is 6.03 Å². The van der Waals surface area contributed by atoms with Crippen LogP contribution in [0.4, 0.5) is 13.6 Å². The quantitative estimate of drug-likeness (QED) is 0.746. The van der Waals surface area contributed by atoms with E-state index in [0.29, 0.717) is 10.6 Å². The molecule has 3 atom stereocenters. The molecule has 156 valence electrons. The summed E-state index contributed by atoms with van der Waals surface area (Å²) in [7, 11) is -3.31. The summed E-state index contributed by atoms with van der Waals surface area (Å²) in [5, 5.41) is 4.13. The van der Waals surface area contributed by atoms with Crippen LogP contribution in [0.2, 0.25) is 5.02 Å². The van der Waals surface area contributed by atoms with Crippen molar-refractivity contribution >= 4 is 27.5 Å². The smallest absolute Gasteiger partial charge is 0.318 e. The predicted molar refractivity (Wildman–Crippen MR) is 106 cm³/mol. The molecule has 28 heavy (non-hydrogen) atoms. The number of alkyl halides is 2. The molecule has 1 fully saturated rings. The second-order valence-electron chi connectivity index (χ2n) is 7.30. The molecule has 2 rings (SSSR count). The Morgan fingerprint density at radius 3 is 2.61 bits per heavy atom. The molecule has 0 saturated carbocycles. The van der Waals surface area contributed by atoms with E-state index in [4.69, 9.17) is 11.6 Å². The SMILES string of the molecule is C[C@@H](/C=C/S(C)(=O)=O)NC(=O)N1CC[C@@H](C(C)(F)F)C[C@H]1c1ccccc1Cl. The monoisotopic (exact) mass is 434 g/mol. The highest BCUT2D eigenvalue weighted by atomic mass is 35.5. The van der Waals surface area contributed by atoms with E-state index in [1.54, 1.807) is 31.2 Å². The minimum Gasteiger partial charge on any atom is -0.332 e. The molecule has 0 spiro atoms. The zero-order valence-electron chi connectivity index (χ0n) is 16.0. The number of sulfone groups is 1. The van der Waals surface area contributed by atoms with E-state index >= 15 is 0 Å². The van der Waals surface area contributed by atoms with Crippen LogP contribution in [0, 0.1) is 5.92 Å². The molecule has 1 aliphatic rings. The lowest BCUT2D eigenvalue weighted by atomic mass is 9.84. The molecule has 9 heteroatoms. The number of carbonyl (C=O) groups excluding carboxylic acids is 1. The van der Waals surface area contributed by atoms with E-state index in [-0.39, 0.29) is 19.4 Å². The van der Waals surface area contributed by atoms with Gasteiger partial charge in [0.2, 0.25) is 5.92 Å². The van der Waals surface area contributed by atoms with Crippen molar-refractivity contribution in [2.45, 2.75) is 44.7 Å². The standard InChI is InChI=1S/C19H25ClF2N2O3S/c1-13(9-11-28(3,26)27)23-18(25)24-10-8-14(19(2,21)22)12-17(24)15-6-4-5-7-16(15)20/h4-7,9,11,13-14,17H,8,10,12H2,1-3H3,(H,23,25)/b11-9+/t13-,14+,17-/m0/s1. The summed E-state index contributed by atoms with van der Waals surface area (Å²) in [4.78, 5) is 14.3. The molecular formula is C19H25ClF2N2O3S. The Hall–Kier alpha value is -1.67. The molecule has 0 bridgehead atoms. The van der Waals surface area contributed by atoms with Crippen molar-refractivity contribution in [1.29, 1.82) is 0 Å². The van der Waals surface area contributed by atoms with Gasteiger partial charge in [0.05, 0.1) is 6.04 Å². The first-order chi connectivity index (χ1) is 12.9. The Morgan fingerprint density at radius 1 is 1.39 bits per heavy atom. The number of hydrogen-bond donors (Lipinski definition) is 1. The number of benzene rings is 1. The molecule has 1 N–H and O–H groups in total. The molecule has 5 nitrogen and oxygen atoms in total. The lowest BCUT2D eigenvalue weighted by Gasteiger charge is -2.41. The Morgan fingerprint density at radius 2 is 2.04 bits per heavy atom. The molecule has 0 unspecified atom stereocenters. The van der Waals surface area contributed by atoms with E-state index in [1.165, 1.54) is 11.0 Å². The molecule has 1 heterocycles. The minimum absolute atomic E-state index is 0.0915. The van der Waals surface area contributed by atoms with Gasteiger partial charge in [-0.3, -0.25) is 0 Å². The zero-order chi connectivity index (χ0) is 21.1. The number of rotatable bonds is 5. The third-order valence-corrected chi connectivity index (χ3v) is 5.81. The van der Waals surface area contributed by atoms with Gasteiger partial charge in [-0.15, -0.1) is 0 Å². The number of nitrogens with zero attached hydrogens (tertiary/aromatic N) is 1. The Labute approximate surface area is 169 Å². The highest BCUT2D eigenvalue weighted by molar-refractivity contribution is 7.93. The fourth-order valence-electron chi connectivity index (χ4n) is 3.30. The van der Waals surface area contributed by atoms with E-state index in [1.807, 2.05) is 0 Å². The summed E-state index contributed by atoms with van der Waals surface area (Å²) in [5.41, 5.74) is 0.618. The first-order valence-corrected chi connectivity index (χ1v) is 11.3. The summed E-state index contributed by atoms with van der Waals surface area (Å²) >= 11 is 6.27. The summed E-state index contributed by atoms with van der Waals surface area (Å²) in [6.07, 6.45) is 2.69. The molecule has 1 aliphatic heterocycles. The Balaban J connectivity index is 2.24. The van der Waals surface area contributed by atoms with E-state index < -0.39 is 39.8 Å². The number of hydrogen-bond acceptors (Lipinski definition) is 3. The van der Waals surface area contributed by atoms with Crippen LogP contribution < -0.4 is 5.32 Å². The number of carbonyl (C=O) groups is 1. The second kappa shape index (κ2) is 8.78. The molecule has 2 amide bonds. The third-order valence-electron chi connectivity index (χ3n) is 4.81. The van der Waals surface area contributed by atoms with Crippen LogP contribution in [0.25, 0.3) is 0 Å². The van der Waals surface area contributed by atoms with Crippen molar-refractivity contribution in [2.24, 2.45) is 5.92 Å². The fourth-order valence-corrected chi connectivity index (χ4v) is 4.08. The lowest BCUT2D eigenvalue weighted by molar-refractivity contribution is -0.0686. The Kier molecular flexibility index (Phi) is 7.09. The number of halogens is 3. The number of likely N-dealkylation sites (tertiary alicyclic amines) is 1. The van der Waals surface area contributed by atoms with Gasteiger partial charge < -0.3 is 10.2 Å². The second-order valence-corrected chi connectivity index (χ2v) is 9.64. The van der Waals surface area contributed by atoms with Crippen LogP contribution in [0.1, 0.15) is 38.3 Å². The summed E-state index contributed by atoms with van der Waals surface area (Å²) < 4.78 is 50.3. The van der Waals surface area contributed by atoms with Crippen molar-refractivity contribution in [1.82, 2.24) is 10.2 Å². The predicted octanol–water partition coefficient (Wildman–Crippen LogP) is 4.40. The lowest BCUT2D eigenvalue weighted by Crippen LogP contribution is -2.50. The molecular weight excluding hydrogens is 410 g/mol. The molecule has 1 aromatic carbocycles. The van der Waals surface area contributed by atoms with E-state index in [0.717, 1.165) is 18.6 Å². The van der Waals surface area contributed by atoms with Crippen LogP contribution in [0.3, 0.4) is 0 Å². The highest BCUT2D eigenvalue weighted by Gasteiger charge is 2.42. The zero-order valence-corrected chi connectivity index (χ0v) is 17.6. The van der Waals surface area contributed by atoms with E-state index in [9.17, 15) is 22.0 Å². The van der Waals surface area contributed by atoms with Gasteiger partial charge in [0, 0.05) is 35.2 Å². The molecule has 0 aliphatic carbocycles. The number of nitrogens with one attached hydrogen (secondary N) is 1.